The first-order valence-corrected chi connectivity index (χ1v) is 6.33. The normalized spacial score (nSPS) is 22.8. The first kappa shape index (κ1) is 12.4. The monoisotopic (exact) mass is 240 g/mol. The summed E-state index contributed by atoms with van der Waals surface area (Å²) >= 11 is 0. The molecule has 1 aliphatic carbocycles. The summed E-state index contributed by atoms with van der Waals surface area (Å²) in [5, 5.41) is 0. The van der Waals surface area contributed by atoms with Crippen LogP contribution in [0.3, 0.4) is 0 Å². The van der Waals surface area contributed by atoms with Crippen molar-refractivity contribution in [2.45, 2.75) is 31.7 Å². The van der Waals surface area contributed by atoms with Gasteiger partial charge in [-0.15, -0.1) is 0 Å². The second kappa shape index (κ2) is 5.49. The molecule has 1 saturated carbocycles. The highest BCUT2D eigenvalue weighted by Gasteiger charge is 2.30. The SMILES string of the molecule is COC(=O)C(=O)N1CCN(C2CCCC2)CC1. The maximum Gasteiger partial charge on any atom is 0.396 e. The molecule has 0 bridgehead atoms. The Bertz CT molecular complexity index is 292. The molecule has 2 rings (SSSR count). The van der Waals surface area contributed by atoms with Crippen LogP contribution in [0.2, 0.25) is 0 Å². The molecule has 0 N–H and O–H groups in total. The molecule has 0 radical (unpaired) electrons. The minimum atomic E-state index is -0.751. The predicted octanol–water partition coefficient (Wildman–Crippen LogP) is 0.246. The topological polar surface area (TPSA) is 49.9 Å². The van der Waals surface area contributed by atoms with Crippen LogP contribution in [0.5, 0.6) is 0 Å². The zero-order valence-electron chi connectivity index (χ0n) is 10.4. The molecule has 1 heterocycles. The summed E-state index contributed by atoms with van der Waals surface area (Å²) < 4.78 is 4.45. The first-order chi connectivity index (χ1) is 8.22. The van der Waals surface area contributed by atoms with Crippen LogP contribution in [0.15, 0.2) is 0 Å². The Kier molecular flexibility index (Phi) is 3.99. The minimum absolute atomic E-state index is 0.501. The number of ether oxygens (including phenoxy) is 1. The van der Waals surface area contributed by atoms with E-state index >= 15 is 0 Å². The molecule has 0 aromatic heterocycles. The standard InChI is InChI=1S/C12H20N2O3/c1-17-12(16)11(15)14-8-6-13(7-9-14)10-4-2-3-5-10/h10H,2-9H2,1H3. The van der Waals surface area contributed by atoms with Crippen LogP contribution in [-0.2, 0) is 14.3 Å². The summed E-state index contributed by atoms with van der Waals surface area (Å²) in [5.74, 6) is -1.25. The van der Waals surface area contributed by atoms with E-state index in [-0.39, 0.29) is 0 Å². The van der Waals surface area contributed by atoms with Crippen LogP contribution in [-0.4, -0.2) is 61.0 Å². The van der Waals surface area contributed by atoms with Gasteiger partial charge in [-0.2, -0.15) is 0 Å². The van der Waals surface area contributed by atoms with Gasteiger partial charge in [0.1, 0.15) is 0 Å². The van der Waals surface area contributed by atoms with Crippen molar-refractivity contribution in [3.05, 3.63) is 0 Å². The van der Waals surface area contributed by atoms with Crippen molar-refractivity contribution < 1.29 is 14.3 Å². The fourth-order valence-electron chi connectivity index (χ4n) is 2.78. The van der Waals surface area contributed by atoms with Crippen molar-refractivity contribution in [3.8, 4) is 0 Å². The smallest absolute Gasteiger partial charge is 0.396 e. The largest absolute Gasteiger partial charge is 0.462 e. The third kappa shape index (κ3) is 2.77. The molecular weight excluding hydrogens is 220 g/mol. The van der Waals surface area contributed by atoms with Gasteiger partial charge in [-0.25, -0.2) is 4.79 Å². The fourth-order valence-corrected chi connectivity index (χ4v) is 2.78. The van der Waals surface area contributed by atoms with E-state index in [1.54, 1.807) is 4.90 Å². The van der Waals surface area contributed by atoms with E-state index in [1.165, 1.54) is 32.8 Å². The average molecular weight is 240 g/mol. The lowest BCUT2D eigenvalue weighted by Gasteiger charge is -2.37. The number of amides is 1. The quantitative estimate of drug-likeness (QED) is 0.487. The maximum atomic E-state index is 11.6. The van der Waals surface area contributed by atoms with Crippen molar-refractivity contribution in [2.24, 2.45) is 0 Å². The fraction of sp³-hybridized carbons (Fsp3) is 0.833. The van der Waals surface area contributed by atoms with E-state index in [4.69, 9.17) is 0 Å². The van der Waals surface area contributed by atoms with Crippen LogP contribution >= 0.6 is 0 Å². The lowest BCUT2D eigenvalue weighted by molar-refractivity contribution is -0.159. The second-order valence-corrected chi connectivity index (χ2v) is 4.76. The van der Waals surface area contributed by atoms with Gasteiger partial charge in [0.15, 0.2) is 0 Å². The van der Waals surface area contributed by atoms with Gasteiger partial charge >= 0.3 is 11.9 Å². The molecular formula is C12H20N2O3. The Hall–Kier alpha value is -1.10. The molecule has 2 fully saturated rings. The van der Waals surface area contributed by atoms with Crippen LogP contribution in [0, 0.1) is 0 Å². The van der Waals surface area contributed by atoms with Gasteiger partial charge in [-0.1, -0.05) is 12.8 Å². The molecule has 17 heavy (non-hydrogen) atoms. The number of hydrogen-bond donors (Lipinski definition) is 0. The Morgan fingerprint density at radius 3 is 2.18 bits per heavy atom. The highest BCUT2D eigenvalue weighted by molar-refractivity contribution is 6.32. The molecule has 0 unspecified atom stereocenters. The summed E-state index contributed by atoms with van der Waals surface area (Å²) in [7, 11) is 1.25. The zero-order chi connectivity index (χ0) is 12.3. The van der Waals surface area contributed by atoms with Gasteiger partial charge in [0.2, 0.25) is 0 Å². The zero-order valence-corrected chi connectivity index (χ0v) is 10.4. The number of esters is 1. The lowest BCUT2D eigenvalue weighted by Crippen LogP contribution is -2.53. The lowest BCUT2D eigenvalue weighted by atomic mass is 10.2. The molecule has 1 amide bonds. The van der Waals surface area contributed by atoms with Crippen molar-refractivity contribution >= 4 is 11.9 Å². The molecule has 0 aromatic carbocycles. The number of carbonyl (C=O) groups excluding carboxylic acids is 2. The summed E-state index contributed by atoms with van der Waals surface area (Å²) in [5.41, 5.74) is 0. The van der Waals surface area contributed by atoms with E-state index in [0.29, 0.717) is 19.1 Å². The number of nitrogens with zero attached hydrogens (tertiary/aromatic N) is 2. The Morgan fingerprint density at radius 1 is 1.06 bits per heavy atom. The molecule has 5 heteroatoms. The third-order valence-corrected chi connectivity index (χ3v) is 3.80. The molecule has 0 aromatic rings. The number of methoxy groups -OCH3 is 1. The van der Waals surface area contributed by atoms with E-state index in [2.05, 4.69) is 9.64 Å². The minimum Gasteiger partial charge on any atom is -0.462 e. The number of rotatable bonds is 1. The van der Waals surface area contributed by atoms with Gasteiger partial charge in [0.05, 0.1) is 7.11 Å². The van der Waals surface area contributed by atoms with Crippen molar-refractivity contribution in [2.75, 3.05) is 33.3 Å². The Morgan fingerprint density at radius 2 is 1.65 bits per heavy atom. The van der Waals surface area contributed by atoms with E-state index < -0.39 is 11.9 Å². The van der Waals surface area contributed by atoms with Crippen molar-refractivity contribution in [1.29, 1.82) is 0 Å². The maximum absolute atomic E-state index is 11.6. The highest BCUT2D eigenvalue weighted by Crippen LogP contribution is 2.24. The molecule has 1 aliphatic heterocycles. The van der Waals surface area contributed by atoms with Crippen LogP contribution < -0.4 is 0 Å². The second-order valence-electron chi connectivity index (χ2n) is 4.76. The highest BCUT2D eigenvalue weighted by atomic mass is 16.5. The number of piperazine rings is 1. The molecule has 5 nitrogen and oxygen atoms in total. The first-order valence-electron chi connectivity index (χ1n) is 6.33. The molecule has 0 atom stereocenters. The number of carbonyl (C=O) groups is 2. The summed E-state index contributed by atoms with van der Waals surface area (Å²) in [6, 6.07) is 0.699. The average Bonchev–Trinajstić information content (AvgIpc) is 2.91. The summed E-state index contributed by atoms with van der Waals surface area (Å²) in [6.07, 6.45) is 5.22. The van der Waals surface area contributed by atoms with Crippen molar-refractivity contribution in [1.82, 2.24) is 9.80 Å². The predicted molar refractivity (Wildman–Crippen MR) is 62.4 cm³/mol. The Labute approximate surface area is 102 Å². The van der Waals surface area contributed by atoms with Gasteiger partial charge in [-0.3, -0.25) is 9.69 Å². The summed E-state index contributed by atoms with van der Waals surface area (Å²) in [4.78, 5) is 26.8. The third-order valence-electron chi connectivity index (χ3n) is 3.80. The van der Waals surface area contributed by atoms with Crippen LogP contribution in [0.1, 0.15) is 25.7 Å². The van der Waals surface area contributed by atoms with E-state index in [1.807, 2.05) is 0 Å². The van der Waals surface area contributed by atoms with Gasteiger partial charge in [0, 0.05) is 32.2 Å². The Balaban J connectivity index is 1.81. The van der Waals surface area contributed by atoms with Crippen molar-refractivity contribution in [3.63, 3.8) is 0 Å². The van der Waals surface area contributed by atoms with E-state index in [9.17, 15) is 9.59 Å². The van der Waals surface area contributed by atoms with Crippen LogP contribution in [0.25, 0.3) is 0 Å². The summed E-state index contributed by atoms with van der Waals surface area (Å²) in [6.45, 7) is 3.05. The van der Waals surface area contributed by atoms with Gasteiger partial charge in [0.25, 0.3) is 0 Å². The van der Waals surface area contributed by atoms with E-state index in [0.717, 1.165) is 13.1 Å². The van der Waals surface area contributed by atoms with Gasteiger partial charge < -0.3 is 9.64 Å². The van der Waals surface area contributed by atoms with Gasteiger partial charge in [-0.05, 0) is 12.8 Å². The molecule has 2 aliphatic rings. The molecule has 96 valence electrons. The molecule has 1 saturated heterocycles. The number of hydrogen-bond acceptors (Lipinski definition) is 4. The van der Waals surface area contributed by atoms with Crippen LogP contribution in [0.4, 0.5) is 0 Å². The molecule has 0 spiro atoms.